The van der Waals surface area contributed by atoms with Crippen LogP contribution in [0.25, 0.3) is 0 Å². The Morgan fingerprint density at radius 2 is 1.81 bits per heavy atom. The number of nitrogens with zero attached hydrogens (tertiary/aromatic N) is 1. The summed E-state index contributed by atoms with van der Waals surface area (Å²) in [7, 11) is 0. The van der Waals surface area contributed by atoms with Crippen molar-refractivity contribution < 1.29 is 18.4 Å². The van der Waals surface area contributed by atoms with Gasteiger partial charge in [-0.3, -0.25) is 9.59 Å². The van der Waals surface area contributed by atoms with Crippen LogP contribution in [0.5, 0.6) is 0 Å². The molecule has 0 spiro atoms. The molecule has 0 aliphatic heterocycles. The van der Waals surface area contributed by atoms with Crippen LogP contribution in [0.1, 0.15) is 50.6 Å². The summed E-state index contributed by atoms with van der Waals surface area (Å²) >= 11 is 3.36. The summed E-state index contributed by atoms with van der Waals surface area (Å²) in [6.45, 7) is 1.79. The largest absolute Gasteiger partial charge is 0.455 e. The van der Waals surface area contributed by atoms with Crippen LogP contribution in [0.3, 0.4) is 0 Å². The molecule has 0 atom stereocenters. The smallest absolute Gasteiger partial charge is 0.291 e. The molecule has 31 heavy (non-hydrogen) atoms. The highest BCUT2D eigenvalue weighted by atomic mass is 79.9. The summed E-state index contributed by atoms with van der Waals surface area (Å²) in [6, 6.07) is 12.6. The summed E-state index contributed by atoms with van der Waals surface area (Å²) in [5.74, 6) is -0.284. The molecule has 3 aromatic rings. The predicted molar refractivity (Wildman–Crippen MR) is 119 cm³/mol. The highest BCUT2D eigenvalue weighted by Gasteiger charge is 2.28. The lowest BCUT2D eigenvalue weighted by Crippen LogP contribution is -2.22. The van der Waals surface area contributed by atoms with Crippen molar-refractivity contribution in [3.05, 3.63) is 87.0 Å². The summed E-state index contributed by atoms with van der Waals surface area (Å²) in [4.78, 5) is 25.2. The SMILES string of the molecule is Cc1c(C(=O)Nc2ccc(F)cc2)oc2c1/C(=N/NC(=O)c1ccccc1Br)CCC2. The van der Waals surface area contributed by atoms with Gasteiger partial charge in [0, 0.05) is 27.7 Å². The highest BCUT2D eigenvalue weighted by Crippen LogP contribution is 2.30. The average molecular weight is 484 g/mol. The topological polar surface area (TPSA) is 83.7 Å². The predicted octanol–water partition coefficient (Wildman–Crippen LogP) is 5.21. The molecule has 0 unspecified atom stereocenters. The van der Waals surface area contributed by atoms with E-state index in [4.69, 9.17) is 4.42 Å². The fourth-order valence-corrected chi connectivity index (χ4v) is 4.01. The number of carbonyl (C=O) groups excluding carboxylic acids is 2. The van der Waals surface area contributed by atoms with Crippen molar-refractivity contribution in [3.8, 4) is 0 Å². The van der Waals surface area contributed by atoms with Crippen molar-refractivity contribution in [2.75, 3.05) is 5.32 Å². The normalized spacial score (nSPS) is 14.2. The zero-order chi connectivity index (χ0) is 22.0. The van der Waals surface area contributed by atoms with E-state index in [1.54, 1.807) is 25.1 Å². The van der Waals surface area contributed by atoms with Crippen LogP contribution in [-0.2, 0) is 6.42 Å². The van der Waals surface area contributed by atoms with Crippen LogP contribution in [-0.4, -0.2) is 17.5 Å². The van der Waals surface area contributed by atoms with Crippen molar-refractivity contribution in [3.63, 3.8) is 0 Å². The van der Waals surface area contributed by atoms with Gasteiger partial charge in [0.2, 0.25) is 0 Å². The monoisotopic (exact) mass is 483 g/mol. The summed E-state index contributed by atoms with van der Waals surface area (Å²) in [5, 5.41) is 7.05. The maximum Gasteiger partial charge on any atom is 0.291 e. The molecule has 1 aromatic heterocycles. The number of hydrogen-bond donors (Lipinski definition) is 2. The molecule has 1 heterocycles. The molecule has 0 saturated carbocycles. The molecule has 4 rings (SSSR count). The molecule has 1 aliphatic carbocycles. The first-order chi connectivity index (χ1) is 14.9. The number of nitrogens with one attached hydrogen (secondary N) is 2. The quantitative estimate of drug-likeness (QED) is 0.499. The van der Waals surface area contributed by atoms with Gasteiger partial charge >= 0.3 is 0 Å². The number of carbonyl (C=O) groups is 2. The molecule has 8 heteroatoms. The maximum atomic E-state index is 13.1. The van der Waals surface area contributed by atoms with Gasteiger partial charge in [-0.15, -0.1) is 0 Å². The van der Waals surface area contributed by atoms with E-state index in [1.165, 1.54) is 24.3 Å². The van der Waals surface area contributed by atoms with Crippen LogP contribution in [0.2, 0.25) is 0 Å². The fourth-order valence-electron chi connectivity index (χ4n) is 3.54. The molecule has 0 radical (unpaired) electrons. The maximum absolute atomic E-state index is 13.1. The first-order valence-corrected chi connectivity index (χ1v) is 10.5. The summed E-state index contributed by atoms with van der Waals surface area (Å²) in [6.07, 6.45) is 2.13. The number of anilines is 1. The zero-order valence-corrected chi connectivity index (χ0v) is 18.3. The number of benzene rings is 2. The molecular weight excluding hydrogens is 465 g/mol. The fraction of sp³-hybridized carbons (Fsp3) is 0.174. The Kier molecular flexibility index (Phi) is 5.99. The van der Waals surface area contributed by atoms with E-state index in [2.05, 4.69) is 31.8 Å². The van der Waals surface area contributed by atoms with Crippen LogP contribution >= 0.6 is 15.9 Å². The Hall–Kier alpha value is -3.26. The lowest BCUT2D eigenvalue weighted by Gasteiger charge is -2.13. The zero-order valence-electron chi connectivity index (χ0n) is 16.7. The Morgan fingerprint density at radius 1 is 1.06 bits per heavy atom. The Labute approximate surface area is 186 Å². The first-order valence-electron chi connectivity index (χ1n) is 9.75. The molecular formula is C23H19BrFN3O3. The van der Waals surface area contributed by atoms with Crippen LogP contribution in [0.4, 0.5) is 10.1 Å². The van der Waals surface area contributed by atoms with E-state index in [0.717, 1.165) is 12.0 Å². The van der Waals surface area contributed by atoms with E-state index in [9.17, 15) is 14.0 Å². The Morgan fingerprint density at radius 3 is 2.55 bits per heavy atom. The van der Waals surface area contributed by atoms with Crippen LogP contribution in [0.15, 0.2) is 62.5 Å². The third-order valence-electron chi connectivity index (χ3n) is 5.04. The number of fused-ring (bicyclic) bond motifs is 1. The number of hydrazone groups is 1. The number of hydrogen-bond acceptors (Lipinski definition) is 4. The van der Waals surface area contributed by atoms with Gasteiger partial charge in [0.15, 0.2) is 5.76 Å². The lowest BCUT2D eigenvalue weighted by molar-refractivity contribution is 0.0952. The number of amides is 2. The van der Waals surface area contributed by atoms with Crippen molar-refractivity contribution in [1.82, 2.24) is 5.43 Å². The van der Waals surface area contributed by atoms with Gasteiger partial charge in [0.05, 0.1) is 11.3 Å². The lowest BCUT2D eigenvalue weighted by atomic mass is 9.93. The molecule has 1 aliphatic rings. The van der Waals surface area contributed by atoms with Gasteiger partial charge in [-0.2, -0.15) is 5.10 Å². The van der Waals surface area contributed by atoms with E-state index < -0.39 is 5.91 Å². The molecule has 2 amide bonds. The van der Waals surface area contributed by atoms with Crippen molar-refractivity contribution >= 4 is 39.1 Å². The molecule has 6 nitrogen and oxygen atoms in total. The average Bonchev–Trinajstić information content (AvgIpc) is 3.11. The molecule has 0 fully saturated rings. The van der Waals surface area contributed by atoms with E-state index >= 15 is 0 Å². The number of furan rings is 1. The molecule has 0 saturated heterocycles. The van der Waals surface area contributed by atoms with Crippen LogP contribution < -0.4 is 10.7 Å². The Balaban J connectivity index is 1.57. The van der Waals surface area contributed by atoms with E-state index in [0.29, 0.717) is 45.6 Å². The minimum Gasteiger partial charge on any atom is -0.455 e. The van der Waals surface area contributed by atoms with Gasteiger partial charge in [-0.1, -0.05) is 12.1 Å². The minimum atomic E-state index is -0.421. The second-order valence-electron chi connectivity index (χ2n) is 7.15. The Bertz CT molecular complexity index is 1190. The van der Waals surface area contributed by atoms with Crippen LogP contribution in [0, 0.1) is 12.7 Å². The summed E-state index contributed by atoms with van der Waals surface area (Å²) < 4.78 is 19.6. The van der Waals surface area contributed by atoms with E-state index in [-0.39, 0.29) is 17.5 Å². The number of rotatable bonds is 4. The molecule has 2 N–H and O–H groups in total. The van der Waals surface area contributed by atoms with Gasteiger partial charge in [0.25, 0.3) is 11.8 Å². The van der Waals surface area contributed by atoms with Gasteiger partial charge in [0.1, 0.15) is 11.6 Å². The molecule has 158 valence electrons. The van der Waals surface area contributed by atoms with E-state index in [1.807, 2.05) is 6.07 Å². The van der Waals surface area contributed by atoms with Gasteiger partial charge < -0.3 is 9.73 Å². The third kappa shape index (κ3) is 4.44. The second-order valence-corrected chi connectivity index (χ2v) is 8.00. The first kappa shape index (κ1) is 21.0. The van der Waals surface area contributed by atoms with Gasteiger partial charge in [-0.25, -0.2) is 9.82 Å². The number of halogens is 2. The van der Waals surface area contributed by atoms with Crippen molar-refractivity contribution in [2.45, 2.75) is 26.2 Å². The number of aryl methyl sites for hydroxylation is 1. The second kappa shape index (κ2) is 8.85. The third-order valence-corrected chi connectivity index (χ3v) is 5.74. The van der Waals surface area contributed by atoms with Crippen molar-refractivity contribution in [2.24, 2.45) is 5.10 Å². The minimum absolute atomic E-state index is 0.182. The standard InChI is InChI=1S/C23H19BrFN3O3/c1-13-20-18(27-28-22(29)16-5-2-3-6-17(16)24)7-4-8-19(20)31-21(13)23(30)26-15-11-9-14(25)10-12-15/h2-3,5-6,9-12H,4,7-8H2,1H3,(H,26,30)(H,28,29)/b27-18+. The molecule has 0 bridgehead atoms. The summed E-state index contributed by atoms with van der Waals surface area (Å²) in [5.41, 5.74) is 5.63. The highest BCUT2D eigenvalue weighted by molar-refractivity contribution is 9.10. The van der Waals surface area contributed by atoms with Gasteiger partial charge in [-0.05, 0) is 72.1 Å². The molecule has 2 aromatic carbocycles. The van der Waals surface area contributed by atoms with Crippen molar-refractivity contribution in [1.29, 1.82) is 0 Å².